The highest BCUT2D eigenvalue weighted by molar-refractivity contribution is 7.90. The van der Waals surface area contributed by atoms with Gasteiger partial charge >= 0.3 is 5.97 Å². The largest absolute Gasteiger partial charge is 0.481 e. The number of carboxylic acid groups (broad SMARTS) is 1. The van der Waals surface area contributed by atoms with E-state index in [2.05, 4.69) is 31.3 Å². The quantitative estimate of drug-likeness (QED) is 0.347. The monoisotopic (exact) mass is 504 g/mol. The first kappa shape index (κ1) is 25.2. The second kappa shape index (κ2) is 9.99. The number of carbonyl (C=O) groups is 2. The van der Waals surface area contributed by atoms with Crippen molar-refractivity contribution in [2.75, 3.05) is 11.6 Å². The molecule has 0 saturated carbocycles. The molecular formula is C28H28N2O5S. The van der Waals surface area contributed by atoms with Gasteiger partial charge in [-0.1, -0.05) is 62.4 Å². The van der Waals surface area contributed by atoms with Crippen LogP contribution in [-0.4, -0.2) is 36.2 Å². The van der Waals surface area contributed by atoms with Gasteiger partial charge in [-0.05, 0) is 41.3 Å². The Balaban J connectivity index is 1.82. The van der Waals surface area contributed by atoms with Crippen LogP contribution < -0.4 is 5.32 Å². The van der Waals surface area contributed by atoms with Crippen molar-refractivity contribution in [3.8, 4) is 0 Å². The van der Waals surface area contributed by atoms with Gasteiger partial charge in [-0.15, -0.1) is 0 Å². The van der Waals surface area contributed by atoms with E-state index >= 15 is 0 Å². The van der Waals surface area contributed by atoms with E-state index in [-0.39, 0.29) is 17.0 Å². The summed E-state index contributed by atoms with van der Waals surface area (Å²) in [7, 11) is -3.46. The van der Waals surface area contributed by atoms with Crippen LogP contribution in [0.4, 0.5) is 5.69 Å². The molecule has 186 valence electrons. The van der Waals surface area contributed by atoms with Crippen LogP contribution in [-0.2, 0) is 27.6 Å². The Morgan fingerprint density at radius 2 is 1.67 bits per heavy atom. The predicted molar refractivity (Wildman–Crippen MR) is 140 cm³/mol. The number of rotatable bonds is 8. The summed E-state index contributed by atoms with van der Waals surface area (Å²) >= 11 is 0. The maximum Gasteiger partial charge on any atom is 0.307 e. The average Bonchev–Trinajstić information content (AvgIpc) is 3.11. The average molecular weight is 505 g/mol. The second-order valence-corrected chi connectivity index (χ2v) is 11.2. The summed E-state index contributed by atoms with van der Waals surface area (Å²) in [5.74, 6) is -1.17. The van der Waals surface area contributed by atoms with E-state index in [0.29, 0.717) is 29.1 Å². The van der Waals surface area contributed by atoms with Crippen LogP contribution in [0.1, 0.15) is 46.9 Å². The van der Waals surface area contributed by atoms with E-state index in [9.17, 15) is 23.1 Å². The summed E-state index contributed by atoms with van der Waals surface area (Å²) in [5, 5.41) is 13.1. The van der Waals surface area contributed by atoms with Crippen LogP contribution >= 0.6 is 0 Å². The molecule has 2 N–H and O–H groups in total. The fourth-order valence-corrected chi connectivity index (χ4v) is 4.98. The summed E-state index contributed by atoms with van der Waals surface area (Å²) in [6.07, 6.45) is 0.771. The number of para-hydroxylation sites is 1. The molecular weight excluding hydrogens is 476 g/mol. The van der Waals surface area contributed by atoms with Gasteiger partial charge in [-0.2, -0.15) is 0 Å². The number of aliphatic carboxylic acids is 1. The topological polar surface area (TPSA) is 105 Å². The van der Waals surface area contributed by atoms with Crippen LogP contribution in [0, 0.1) is 0 Å². The number of nitrogens with one attached hydrogen (secondary N) is 1. The highest BCUT2D eigenvalue weighted by atomic mass is 32.2. The fourth-order valence-electron chi connectivity index (χ4n) is 4.31. The molecule has 0 fully saturated rings. The number of amides is 1. The van der Waals surface area contributed by atoms with Crippen molar-refractivity contribution >= 4 is 38.3 Å². The standard InChI is InChI=1S/C28H28N2O5S/c1-18(2)20-13-11-19(12-14-20)17-30-25-10-5-4-9-23(25)24(16-26(31)32)27(30)28(33)29-21-7-6-8-22(15-21)36(3,34)35/h4-15,18H,16-17H2,1-3H3,(H,29,33)(H,31,32). The summed E-state index contributed by atoms with van der Waals surface area (Å²) in [5.41, 5.74) is 3.87. The molecule has 36 heavy (non-hydrogen) atoms. The molecule has 3 aromatic carbocycles. The van der Waals surface area contributed by atoms with E-state index in [4.69, 9.17) is 0 Å². The first-order valence-electron chi connectivity index (χ1n) is 11.6. The molecule has 1 heterocycles. The van der Waals surface area contributed by atoms with E-state index in [0.717, 1.165) is 17.3 Å². The molecule has 4 rings (SSSR count). The number of hydrogen-bond donors (Lipinski definition) is 2. The SMILES string of the molecule is CC(C)c1ccc(Cn2c(C(=O)Nc3cccc(S(C)(=O)=O)c3)c(CC(=O)O)c3ccccc32)cc1. The van der Waals surface area contributed by atoms with Gasteiger partial charge in [0.2, 0.25) is 0 Å². The maximum atomic E-state index is 13.6. The van der Waals surface area contributed by atoms with Crippen LogP contribution in [0.3, 0.4) is 0 Å². The third-order valence-corrected chi connectivity index (χ3v) is 7.24. The Morgan fingerprint density at radius 3 is 2.31 bits per heavy atom. The molecule has 0 spiro atoms. The zero-order chi connectivity index (χ0) is 26.0. The van der Waals surface area contributed by atoms with Crippen LogP contribution in [0.25, 0.3) is 10.9 Å². The Hall–Kier alpha value is -3.91. The summed E-state index contributed by atoms with van der Waals surface area (Å²) in [4.78, 5) is 25.5. The lowest BCUT2D eigenvalue weighted by atomic mass is 10.0. The maximum absolute atomic E-state index is 13.6. The molecule has 0 aliphatic carbocycles. The molecule has 0 aliphatic rings. The minimum atomic E-state index is -3.46. The minimum absolute atomic E-state index is 0.0804. The molecule has 0 radical (unpaired) electrons. The lowest BCUT2D eigenvalue weighted by Gasteiger charge is -2.14. The van der Waals surface area contributed by atoms with E-state index < -0.39 is 21.7 Å². The van der Waals surface area contributed by atoms with Crippen molar-refractivity contribution in [3.05, 3.63) is 95.2 Å². The number of nitrogens with zero attached hydrogens (tertiary/aromatic N) is 1. The van der Waals surface area contributed by atoms with E-state index in [1.54, 1.807) is 12.1 Å². The van der Waals surface area contributed by atoms with Gasteiger partial charge in [0.1, 0.15) is 5.69 Å². The molecule has 8 heteroatoms. The molecule has 1 aromatic heterocycles. The minimum Gasteiger partial charge on any atom is -0.481 e. The van der Waals surface area contributed by atoms with E-state index in [1.165, 1.54) is 17.7 Å². The molecule has 0 unspecified atom stereocenters. The lowest BCUT2D eigenvalue weighted by molar-refractivity contribution is -0.136. The number of benzene rings is 3. The number of sulfone groups is 1. The van der Waals surface area contributed by atoms with Crippen molar-refractivity contribution < 1.29 is 23.1 Å². The Kier molecular flexibility index (Phi) is 6.99. The van der Waals surface area contributed by atoms with Gasteiger partial charge in [0.05, 0.1) is 11.3 Å². The summed E-state index contributed by atoms with van der Waals surface area (Å²) in [6.45, 7) is 4.60. The number of carbonyl (C=O) groups excluding carboxylic acids is 1. The summed E-state index contributed by atoms with van der Waals surface area (Å²) in [6, 6.07) is 21.5. The Bertz CT molecular complexity index is 1550. The first-order valence-corrected chi connectivity index (χ1v) is 13.5. The van der Waals surface area contributed by atoms with Crippen molar-refractivity contribution in [1.82, 2.24) is 4.57 Å². The molecule has 0 bridgehead atoms. The number of hydrogen-bond acceptors (Lipinski definition) is 4. The fraction of sp³-hybridized carbons (Fsp3) is 0.214. The van der Waals surface area contributed by atoms with Gasteiger partial charge in [-0.25, -0.2) is 8.42 Å². The van der Waals surface area contributed by atoms with Crippen LogP contribution in [0.5, 0.6) is 0 Å². The van der Waals surface area contributed by atoms with E-state index in [1.807, 2.05) is 41.0 Å². The zero-order valence-corrected chi connectivity index (χ0v) is 21.2. The van der Waals surface area contributed by atoms with Crippen LogP contribution in [0.2, 0.25) is 0 Å². The van der Waals surface area contributed by atoms with Gasteiger partial charge in [0, 0.05) is 35.0 Å². The number of carboxylic acids is 1. The predicted octanol–water partition coefficient (Wildman–Crippen LogP) is 5.10. The second-order valence-electron chi connectivity index (χ2n) is 9.15. The van der Waals surface area contributed by atoms with Crippen molar-refractivity contribution in [2.45, 2.75) is 37.6 Å². The lowest BCUT2D eigenvalue weighted by Crippen LogP contribution is -2.20. The smallest absolute Gasteiger partial charge is 0.307 e. The van der Waals surface area contributed by atoms with Crippen molar-refractivity contribution in [1.29, 1.82) is 0 Å². The normalized spacial score (nSPS) is 11.7. The molecule has 7 nitrogen and oxygen atoms in total. The Morgan fingerprint density at radius 1 is 0.972 bits per heavy atom. The molecule has 1 amide bonds. The third-order valence-electron chi connectivity index (χ3n) is 6.13. The number of aromatic nitrogens is 1. The first-order chi connectivity index (χ1) is 17.0. The highest BCUT2D eigenvalue weighted by Gasteiger charge is 2.25. The van der Waals surface area contributed by atoms with Gasteiger partial charge in [0.15, 0.2) is 9.84 Å². The molecule has 0 atom stereocenters. The van der Waals surface area contributed by atoms with Gasteiger partial charge < -0.3 is 15.0 Å². The third kappa shape index (κ3) is 5.33. The van der Waals surface area contributed by atoms with Crippen LogP contribution in [0.15, 0.2) is 77.7 Å². The van der Waals surface area contributed by atoms with Crippen molar-refractivity contribution in [2.24, 2.45) is 0 Å². The molecule has 4 aromatic rings. The molecule has 0 saturated heterocycles. The summed E-state index contributed by atoms with van der Waals surface area (Å²) < 4.78 is 25.8. The highest BCUT2D eigenvalue weighted by Crippen LogP contribution is 2.29. The van der Waals surface area contributed by atoms with Crippen molar-refractivity contribution in [3.63, 3.8) is 0 Å². The molecule has 0 aliphatic heterocycles. The number of anilines is 1. The Labute approximate surface area is 210 Å². The number of fused-ring (bicyclic) bond motifs is 1. The van der Waals surface area contributed by atoms with Gasteiger partial charge in [0.25, 0.3) is 5.91 Å². The van der Waals surface area contributed by atoms with Gasteiger partial charge in [-0.3, -0.25) is 9.59 Å². The zero-order valence-electron chi connectivity index (χ0n) is 20.4.